The van der Waals surface area contributed by atoms with E-state index in [2.05, 4.69) is 56.5 Å². The van der Waals surface area contributed by atoms with Crippen LogP contribution in [0.4, 0.5) is 4.79 Å². The third kappa shape index (κ3) is 7.90. The number of aromatic nitrogens is 2. The van der Waals surface area contributed by atoms with E-state index >= 15 is 0 Å². The number of carbonyl (C=O) groups excluding carboxylic acids is 1. The maximum atomic E-state index is 12.4. The van der Waals surface area contributed by atoms with E-state index in [9.17, 15) is 4.79 Å². The summed E-state index contributed by atoms with van der Waals surface area (Å²) in [7, 11) is 1.73. The number of benzene rings is 1. The lowest BCUT2D eigenvalue weighted by atomic mass is 9.93. The number of aliphatic imine (C=N–C) groups is 1. The van der Waals surface area contributed by atoms with E-state index < -0.39 is 17.2 Å². The second kappa shape index (κ2) is 11.5. The molecule has 3 N–H and O–H groups in total. The van der Waals surface area contributed by atoms with Crippen LogP contribution >= 0.6 is 0 Å². The van der Waals surface area contributed by atoms with E-state index in [-0.39, 0.29) is 0 Å². The second-order valence-corrected chi connectivity index (χ2v) is 8.85. The molecule has 0 radical (unpaired) electrons. The minimum atomic E-state index is -0.538. The van der Waals surface area contributed by atoms with Gasteiger partial charge in [0.1, 0.15) is 11.4 Å². The molecule has 8 heteroatoms. The molecule has 0 saturated heterocycles. The molecule has 32 heavy (non-hydrogen) atoms. The van der Waals surface area contributed by atoms with Gasteiger partial charge in [0.15, 0.2) is 5.96 Å². The van der Waals surface area contributed by atoms with E-state index in [0.717, 1.165) is 25.2 Å². The van der Waals surface area contributed by atoms with Crippen LogP contribution in [0, 0.1) is 0 Å². The lowest BCUT2D eigenvalue weighted by Crippen LogP contribution is -2.57. The van der Waals surface area contributed by atoms with Crippen molar-refractivity contribution in [2.45, 2.75) is 71.7 Å². The fourth-order valence-corrected chi connectivity index (χ4v) is 3.31. The Labute approximate surface area is 191 Å². The lowest BCUT2D eigenvalue weighted by Gasteiger charge is -2.34. The Kier molecular flexibility index (Phi) is 9.11. The van der Waals surface area contributed by atoms with Crippen molar-refractivity contribution in [1.29, 1.82) is 0 Å². The van der Waals surface area contributed by atoms with Gasteiger partial charge in [-0.15, -0.1) is 0 Å². The number of guanidine groups is 1. The molecule has 0 unspecified atom stereocenters. The van der Waals surface area contributed by atoms with Crippen LogP contribution < -0.4 is 16.0 Å². The summed E-state index contributed by atoms with van der Waals surface area (Å²) in [5.74, 6) is 1.57. The molecule has 0 aliphatic carbocycles. The average molecular weight is 443 g/mol. The van der Waals surface area contributed by atoms with Crippen LogP contribution in [0.2, 0.25) is 0 Å². The van der Waals surface area contributed by atoms with Crippen molar-refractivity contribution < 1.29 is 9.53 Å². The van der Waals surface area contributed by atoms with E-state index in [0.29, 0.717) is 19.0 Å². The largest absolute Gasteiger partial charge is 0.444 e. The van der Waals surface area contributed by atoms with Crippen molar-refractivity contribution in [1.82, 2.24) is 25.5 Å². The molecule has 1 amide bonds. The number of nitrogens with zero attached hydrogens (tertiary/aromatic N) is 3. The first-order valence-electron chi connectivity index (χ1n) is 11.2. The highest BCUT2D eigenvalue weighted by atomic mass is 16.6. The number of alkyl carbamates (subject to hydrolysis) is 1. The number of ether oxygens (including phenoxy) is 1. The van der Waals surface area contributed by atoms with Crippen LogP contribution in [-0.2, 0) is 17.8 Å². The molecule has 2 rings (SSSR count). The second-order valence-electron chi connectivity index (χ2n) is 8.85. The Hall–Kier alpha value is -3.03. The number of carbonyl (C=O) groups is 1. The zero-order valence-corrected chi connectivity index (χ0v) is 20.2. The monoisotopic (exact) mass is 442 g/mol. The third-order valence-electron chi connectivity index (χ3n) is 5.35. The van der Waals surface area contributed by atoms with Crippen molar-refractivity contribution in [2.75, 3.05) is 13.6 Å². The minimum absolute atomic E-state index is 0.408. The first-order valence-corrected chi connectivity index (χ1v) is 11.2. The summed E-state index contributed by atoms with van der Waals surface area (Å²) in [6, 6.07) is 10.3. The highest BCUT2D eigenvalue weighted by Crippen LogP contribution is 2.16. The molecule has 0 aliphatic rings. The molecule has 1 aromatic carbocycles. The van der Waals surface area contributed by atoms with Crippen molar-refractivity contribution in [3.8, 4) is 0 Å². The molecule has 176 valence electrons. The summed E-state index contributed by atoms with van der Waals surface area (Å²) in [6.07, 6.45) is 4.89. The fraction of sp³-hybridized carbons (Fsp3) is 0.542. The van der Waals surface area contributed by atoms with Crippen LogP contribution in [-0.4, -0.2) is 46.3 Å². The van der Waals surface area contributed by atoms with E-state index in [1.54, 1.807) is 13.2 Å². The van der Waals surface area contributed by atoms with Crippen molar-refractivity contribution in [3.05, 3.63) is 54.1 Å². The molecule has 0 bridgehead atoms. The van der Waals surface area contributed by atoms with Crippen molar-refractivity contribution in [2.24, 2.45) is 4.99 Å². The molecule has 0 saturated carbocycles. The smallest absolute Gasteiger partial charge is 0.408 e. The minimum Gasteiger partial charge on any atom is -0.444 e. The highest BCUT2D eigenvalue weighted by Gasteiger charge is 2.30. The van der Waals surface area contributed by atoms with Gasteiger partial charge in [-0.05, 0) is 39.2 Å². The SMILES string of the molecule is CCC(CC)(CNC(=NC)NCc1nccn1Cc1ccccc1)NC(=O)OC(C)(C)C. The summed E-state index contributed by atoms with van der Waals surface area (Å²) < 4.78 is 7.57. The third-order valence-corrected chi connectivity index (χ3v) is 5.35. The molecule has 1 heterocycles. The number of nitrogens with one attached hydrogen (secondary N) is 3. The molecular weight excluding hydrogens is 404 g/mol. The summed E-state index contributed by atoms with van der Waals surface area (Å²) in [5, 5.41) is 9.71. The van der Waals surface area contributed by atoms with Gasteiger partial charge in [0, 0.05) is 32.5 Å². The van der Waals surface area contributed by atoms with Gasteiger partial charge in [-0.2, -0.15) is 0 Å². The quantitative estimate of drug-likeness (QED) is 0.407. The van der Waals surface area contributed by atoms with Crippen molar-refractivity contribution in [3.63, 3.8) is 0 Å². The first-order chi connectivity index (χ1) is 15.2. The normalized spacial score (nSPS) is 12.4. The molecule has 2 aromatic rings. The highest BCUT2D eigenvalue weighted by molar-refractivity contribution is 5.79. The maximum Gasteiger partial charge on any atom is 0.408 e. The Morgan fingerprint density at radius 3 is 2.41 bits per heavy atom. The van der Waals surface area contributed by atoms with Gasteiger partial charge in [0.05, 0.1) is 12.1 Å². The van der Waals surface area contributed by atoms with Gasteiger partial charge >= 0.3 is 6.09 Å². The molecule has 0 atom stereocenters. The molecule has 0 fully saturated rings. The zero-order chi connectivity index (χ0) is 23.6. The Morgan fingerprint density at radius 2 is 1.81 bits per heavy atom. The summed E-state index contributed by atoms with van der Waals surface area (Å²) in [5.41, 5.74) is 0.244. The van der Waals surface area contributed by atoms with Crippen LogP contribution in [0.25, 0.3) is 0 Å². The number of hydrogen-bond acceptors (Lipinski definition) is 4. The number of rotatable bonds is 9. The topological polar surface area (TPSA) is 92.6 Å². The molecule has 8 nitrogen and oxygen atoms in total. The predicted molar refractivity (Wildman–Crippen MR) is 129 cm³/mol. The number of hydrogen-bond donors (Lipinski definition) is 3. The van der Waals surface area contributed by atoms with E-state index in [1.165, 1.54) is 5.56 Å². The van der Waals surface area contributed by atoms with Gasteiger partial charge < -0.3 is 25.3 Å². The van der Waals surface area contributed by atoms with Crippen LogP contribution in [0.3, 0.4) is 0 Å². The van der Waals surface area contributed by atoms with Gasteiger partial charge in [0.25, 0.3) is 0 Å². The molecule has 1 aromatic heterocycles. The standard InChI is InChI=1S/C24H38N6O2/c1-7-24(8-2,29-22(31)32-23(3,4)5)18-28-21(25-6)27-16-20-26-14-15-30(20)17-19-12-10-9-11-13-19/h9-15H,7-8,16-18H2,1-6H3,(H,29,31)(H2,25,27,28). The molecule has 0 spiro atoms. The van der Waals surface area contributed by atoms with E-state index in [1.807, 2.05) is 45.2 Å². The maximum absolute atomic E-state index is 12.4. The van der Waals surface area contributed by atoms with Gasteiger partial charge in [0.2, 0.25) is 0 Å². The average Bonchev–Trinajstić information content (AvgIpc) is 3.19. The summed E-state index contributed by atoms with van der Waals surface area (Å²) in [6.45, 7) is 11.5. The van der Waals surface area contributed by atoms with Crippen LogP contribution in [0.15, 0.2) is 47.7 Å². The van der Waals surface area contributed by atoms with Gasteiger partial charge in [-0.25, -0.2) is 9.78 Å². The first kappa shape index (κ1) is 25.2. The molecular formula is C24H38N6O2. The number of imidazole rings is 1. The van der Waals surface area contributed by atoms with Crippen molar-refractivity contribution >= 4 is 12.1 Å². The van der Waals surface area contributed by atoms with Crippen LogP contribution in [0.1, 0.15) is 58.8 Å². The predicted octanol–water partition coefficient (Wildman–Crippen LogP) is 3.68. The summed E-state index contributed by atoms with van der Waals surface area (Å²) in [4.78, 5) is 21.2. The van der Waals surface area contributed by atoms with E-state index in [4.69, 9.17) is 4.74 Å². The number of amides is 1. The van der Waals surface area contributed by atoms with Gasteiger partial charge in [-0.1, -0.05) is 44.2 Å². The Morgan fingerprint density at radius 1 is 1.12 bits per heavy atom. The van der Waals surface area contributed by atoms with Crippen LogP contribution in [0.5, 0.6) is 0 Å². The zero-order valence-electron chi connectivity index (χ0n) is 20.2. The van der Waals surface area contributed by atoms with Gasteiger partial charge in [-0.3, -0.25) is 4.99 Å². The molecule has 0 aliphatic heterocycles. The Balaban J connectivity index is 1.94. The lowest BCUT2D eigenvalue weighted by molar-refractivity contribution is 0.0448. The summed E-state index contributed by atoms with van der Waals surface area (Å²) >= 11 is 0. The fourth-order valence-electron chi connectivity index (χ4n) is 3.31. The Bertz CT molecular complexity index is 866.